The van der Waals surface area contributed by atoms with Gasteiger partial charge in [0.25, 0.3) is 0 Å². The van der Waals surface area contributed by atoms with Crippen molar-refractivity contribution in [3.05, 3.63) is 28.8 Å². The van der Waals surface area contributed by atoms with E-state index in [9.17, 15) is 0 Å². The van der Waals surface area contributed by atoms with Gasteiger partial charge in [-0.1, -0.05) is 11.6 Å². The first-order valence-electron chi connectivity index (χ1n) is 6.05. The fraction of sp³-hybridized carbons (Fsp3) is 0.538. The van der Waals surface area contributed by atoms with Gasteiger partial charge in [-0.05, 0) is 37.7 Å². The van der Waals surface area contributed by atoms with Gasteiger partial charge in [0.15, 0.2) is 0 Å². The third-order valence-electron chi connectivity index (χ3n) is 3.07. The first-order valence-corrected chi connectivity index (χ1v) is 6.43. The van der Waals surface area contributed by atoms with Crippen LogP contribution in [-0.4, -0.2) is 38.2 Å². The van der Waals surface area contributed by atoms with Crippen molar-refractivity contribution in [3.63, 3.8) is 0 Å². The highest BCUT2D eigenvalue weighted by Crippen LogP contribution is 2.24. The monoisotopic (exact) mass is 290 g/mol. The summed E-state index contributed by atoms with van der Waals surface area (Å²) in [4.78, 5) is 2.44. The Hall–Kier alpha value is -0.480. The second-order valence-corrected chi connectivity index (χ2v) is 4.77. The van der Waals surface area contributed by atoms with Gasteiger partial charge in [-0.25, -0.2) is 0 Å². The van der Waals surface area contributed by atoms with E-state index in [0.717, 1.165) is 43.5 Å². The maximum absolute atomic E-state index is 6.04. The summed E-state index contributed by atoms with van der Waals surface area (Å²) in [5.74, 6) is 0.923. The molecule has 0 amide bonds. The third-order valence-corrected chi connectivity index (χ3v) is 3.30. The van der Waals surface area contributed by atoms with Crippen molar-refractivity contribution < 1.29 is 4.74 Å². The lowest BCUT2D eigenvalue weighted by molar-refractivity contribution is 0.278. The molecule has 1 aromatic carbocycles. The van der Waals surface area contributed by atoms with Crippen LogP contribution in [0.25, 0.3) is 0 Å². The molecule has 3 nitrogen and oxygen atoms in total. The second-order valence-electron chi connectivity index (χ2n) is 4.34. The predicted octanol–water partition coefficient (Wildman–Crippen LogP) is 2.57. The van der Waals surface area contributed by atoms with Crippen molar-refractivity contribution in [2.75, 3.05) is 33.3 Å². The molecule has 1 fully saturated rings. The first-order chi connectivity index (χ1) is 8.29. The Kier molecular flexibility index (Phi) is 6.79. The van der Waals surface area contributed by atoms with E-state index < -0.39 is 0 Å². The topological polar surface area (TPSA) is 24.5 Å². The second kappa shape index (κ2) is 7.85. The van der Waals surface area contributed by atoms with Crippen LogP contribution in [-0.2, 0) is 6.54 Å². The molecule has 1 heterocycles. The Morgan fingerprint density at radius 1 is 1.33 bits per heavy atom. The van der Waals surface area contributed by atoms with Gasteiger partial charge < -0.3 is 10.1 Å². The summed E-state index contributed by atoms with van der Waals surface area (Å²) >= 11 is 6.04. The van der Waals surface area contributed by atoms with Crippen molar-refractivity contribution in [3.8, 4) is 5.75 Å². The Balaban J connectivity index is 0.00000162. The van der Waals surface area contributed by atoms with E-state index >= 15 is 0 Å². The SMILES string of the molecule is COc1ccc(Cl)cc1CN1CCCNCC1.Cl. The average Bonchev–Trinajstić information content (AvgIpc) is 2.58. The Morgan fingerprint density at radius 3 is 2.94 bits per heavy atom. The predicted molar refractivity (Wildman–Crippen MR) is 78.0 cm³/mol. The largest absolute Gasteiger partial charge is 0.496 e. The molecule has 0 aliphatic carbocycles. The van der Waals surface area contributed by atoms with Crippen LogP contribution in [0.1, 0.15) is 12.0 Å². The first kappa shape index (κ1) is 15.6. The molecule has 18 heavy (non-hydrogen) atoms. The number of hydrogen-bond acceptors (Lipinski definition) is 3. The van der Waals surface area contributed by atoms with E-state index in [-0.39, 0.29) is 12.4 Å². The fourth-order valence-corrected chi connectivity index (χ4v) is 2.37. The van der Waals surface area contributed by atoms with Crippen molar-refractivity contribution in [2.24, 2.45) is 0 Å². The molecular weight excluding hydrogens is 271 g/mol. The highest BCUT2D eigenvalue weighted by molar-refractivity contribution is 6.30. The molecule has 0 radical (unpaired) electrons. The van der Waals surface area contributed by atoms with Gasteiger partial charge >= 0.3 is 0 Å². The van der Waals surface area contributed by atoms with Gasteiger partial charge in [0, 0.05) is 30.2 Å². The van der Waals surface area contributed by atoms with Crippen LogP contribution >= 0.6 is 24.0 Å². The molecule has 2 rings (SSSR count). The zero-order valence-electron chi connectivity index (χ0n) is 10.6. The summed E-state index contributed by atoms with van der Waals surface area (Å²) in [5.41, 5.74) is 1.17. The number of hydrogen-bond donors (Lipinski definition) is 1. The van der Waals surface area contributed by atoms with Crippen LogP contribution in [0.4, 0.5) is 0 Å². The standard InChI is InChI=1S/C13H19ClN2O.ClH/c1-17-13-4-3-12(14)9-11(13)10-16-7-2-5-15-6-8-16;/h3-4,9,15H,2,5-8,10H2,1H3;1H. The summed E-state index contributed by atoms with van der Waals surface area (Å²) in [7, 11) is 1.71. The molecule has 0 atom stereocenters. The quantitative estimate of drug-likeness (QED) is 0.926. The van der Waals surface area contributed by atoms with Crippen LogP contribution in [0.15, 0.2) is 18.2 Å². The lowest BCUT2D eigenvalue weighted by atomic mass is 10.2. The molecular formula is C13H20Cl2N2O. The van der Waals surface area contributed by atoms with Crippen molar-refractivity contribution in [1.82, 2.24) is 10.2 Å². The van der Waals surface area contributed by atoms with Crippen LogP contribution < -0.4 is 10.1 Å². The molecule has 0 spiro atoms. The minimum Gasteiger partial charge on any atom is -0.496 e. The lowest BCUT2D eigenvalue weighted by Gasteiger charge is -2.20. The maximum Gasteiger partial charge on any atom is 0.123 e. The van der Waals surface area contributed by atoms with Crippen LogP contribution in [0, 0.1) is 0 Å². The smallest absolute Gasteiger partial charge is 0.123 e. The van der Waals surface area contributed by atoms with Crippen LogP contribution in [0.5, 0.6) is 5.75 Å². The summed E-state index contributed by atoms with van der Waals surface area (Å²) in [6, 6.07) is 5.81. The summed E-state index contributed by atoms with van der Waals surface area (Å²) < 4.78 is 5.37. The number of nitrogens with zero attached hydrogens (tertiary/aromatic N) is 1. The van der Waals surface area contributed by atoms with Crippen molar-refractivity contribution in [2.45, 2.75) is 13.0 Å². The summed E-state index contributed by atoms with van der Waals surface area (Å²) in [6.45, 7) is 5.29. The molecule has 1 aliphatic rings. The molecule has 1 N–H and O–H groups in total. The fourth-order valence-electron chi connectivity index (χ4n) is 2.17. The minimum absolute atomic E-state index is 0. The molecule has 1 aliphatic heterocycles. The Bertz CT molecular complexity index is 366. The van der Waals surface area contributed by atoms with E-state index in [1.54, 1.807) is 7.11 Å². The highest BCUT2D eigenvalue weighted by Gasteiger charge is 2.12. The number of methoxy groups -OCH3 is 1. The maximum atomic E-state index is 6.04. The Morgan fingerprint density at radius 2 is 2.17 bits per heavy atom. The van der Waals surface area contributed by atoms with Crippen molar-refractivity contribution >= 4 is 24.0 Å². The van der Waals surface area contributed by atoms with E-state index in [2.05, 4.69) is 10.2 Å². The van der Waals surface area contributed by atoms with Gasteiger partial charge in [0.05, 0.1) is 7.11 Å². The number of nitrogens with one attached hydrogen (secondary N) is 1. The van der Waals surface area contributed by atoms with E-state index in [0.29, 0.717) is 0 Å². The zero-order chi connectivity index (χ0) is 12.1. The number of ether oxygens (including phenoxy) is 1. The molecule has 0 bridgehead atoms. The molecule has 0 aromatic heterocycles. The normalized spacial score (nSPS) is 16.8. The van der Waals surface area contributed by atoms with E-state index in [1.165, 1.54) is 12.0 Å². The summed E-state index contributed by atoms with van der Waals surface area (Å²) in [6.07, 6.45) is 1.20. The van der Waals surface area contributed by atoms with Gasteiger partial charge in [-0.15, -0.1) is 12.4 Å². The molecule has 5 heteroatoms. The van der Waals surface area contributed by atoms with E-state index in [4.69, 9.17) is 16.3 Å². The van der Waals surface area contributed by atoms with Crippen LogP contribution in [0.3, 0.4) is 0 Å². The minimum atomic E-state index is 0. The highest BCUT2D eigenvalue weighted by atomic mass is 35.5. The van der Waals surface area contributed by atoms with Gasteiger partial charge in [0.1, 0.15) is 5.75 Å². The molecule has 0 saturated carbocycles. The number of halogens is 2. The third kappa shape index (κ3) is 4.32. The average molecular weight is 291 g/mol. The number of benzene rings is 1. The Labute approximate surface area is 120 Å². The number of rotatable bonds is 3. The molecule has 0 unspecified atom stereocenters. The zero-order valence-corrected chi connectivity index (χ0v) is 12.2. The van der Waals surface area contributed by atoms with Gasteiger partial charge in [0.2, 0.25) is 0 Å². The molecule has 1 saturated heterocycles. The molecule has 102 valence electrons. The summed E-state index contributed by atoms with van der Waals surface area (Å²) in [5, 5.41) is 4.18. The van der Waals surface area contributed by atoms with Crippen molar-refractivity contribution in [1.29, 1.82) is 0 Å². The van der Waals surface area contributed by atoms with Crippen LogP contribution in [0.2, 0.25) is 5.02 Å². The lowest BCUT2D eigenvalue weighted by Crippen LogP contribution is -2.27. The van der Waals surface area contributed by atoms with E-state index in [1.807, 2.05) is 18.2 Å². The molecule has 1 aromatic rings. The van der Waals surface area contributed by atoms with Gasteiger partial charge in [-0.2, -0.15) is 0 Å². The van der Waals surface area contributed by atoms with Gasteiger partial charge in [-0.3, -0.25) is 4.90 Å².